The minimum absolute atomic E-state index is 0.0339. The Morgan fingerprint density at radius 1 is 1.07 bits per heavy atom. The molecule has 6 nitrogen and oxygen atoms in total. The fourth-order valence-corrected chi connectivity index (χ4v) is 5.44. The van der Waals surface area contributed by atoms with Crippen LogP contribution in [0.1, 0.15) is 37.0 Å². The van der Waals surface area contributed by atoms with E-state index in [4.69, 9.17) is 23.2 Å². The Balaban J connectivity index is 1.94. The molecule has 162 valence electrons. The molecule has 0 unspecified atom stereocenters. The molecule has 0 atom stereocenters. The van der Waals surface area contributed by atoms with Crippen LogP contribution in [0.3, 0.4) is 0 Å². The zero-order valence-corrected chi connectivity index (χ0v) is 19.3. The summed E-state index contributed by atoms with van der Waals surface area (Å²) in [5.41, 5.74) is 1.55. The smallest absolute Gasteiger partial charge is 0.257 e. The fraction of sp³-hybridized carbons (Fsp3) is 0.381. The van der Waals surface area contributed by atoms with Crippen LogP contribution >= 0.6 is 23.2 Å². The van der Waals surface area contributed by atoms with Gasteiger partial charge in [-0.15, -0.1) is 0 Å². The Morgan fingerprint density at radius 2 is 1.73 bits per heavy atom. The number of rotatable bonds is 7. The van der Waals surface area contributed by atoms with Gasteiger partial charge < -0.3 is 10.2 Å². The summed E-state index contributed by atoms with van der Waals surface area (Å²) in [6.45, 7) is 6.02. The van der Waals surface area contributed by atoms with Crippen molar-refractivity contribution < 1.29 is 13.2 Å². The first-order chi connectivity index (χ1) is 14.3. The number of amides is 1. The van der Waals surface area contributed by atoms with E-state index >= 15 is 0 Å². The third-order valence-electron chi connectivity index (χ3n) is 5.18. The molecule has 1 aliphatic rings. The minimum Gasteiger partial charge on any atom is -0.370 e. The van der Waals surface area contributed by atoms with Crippen LogP contribution in [-0.4, -0.2) is 44.8 Å². The second kappa shape index (κ2) is 9.56. The molecule has 0 aliphatic carbocycles. The van der Waals surface area contributed by atoms with E-state index in [1.165, 1.54) is 22.5 Å². The van der Waals surface area contributed by atoms with Gasteiger partial charge in [0.15, 0.2) is 0 Å². The largest absolute Gasteiger partial charge is 0.370 e. The number of hydrogen-bond donors (Lipinski definition) is 1. The molecule has 2 aromatic carbocycles. The van der Waals surface area contributed by atoms with Crippen molar-refractivity contribution in [2.24, 2.45) is 0 Å². The van der Waals surface area contributed by atoms with Crippen LogP contribution in [0.15, 0.2) is 41.3 Å². The number of nitrogens with zero attached hydrogens (tertiary/aromatic N) is 2. The summed E-state index contributed by atoms with van der Waals surface area (Å²) in [6, 6.07) is 9.54. The number of carbonyl (C=O) groups is 1. The van der Waals surface area contributed by atoms with Gasteiger partial charge in [0.2, 0.25) is 10.0 Å². The fourth-order valence-electron chi connectivity index (χ4n) is 3.58. The Bertz CT molecular complexity index is 1030. The lowest BCUT2D eigenvalue weighted by Crippen LogP contribution is -2.30. The summed E-state index contributed by atoms with van der Waals surface area (Å²) in [7, 11) is -3.71. The van der Waals surface area contributed by atoms with Crippen LogP contribution in [-0.2, 0) is 10.0 Å². The van der Waals surface area contributed by atoms with Gasteiger partial charge in [-0.1, -0.05) is 37.0 Å². The van der Waals surface area contributed by atoms with Crippen LogP contribution < -0.4 is 10.2 Å². The molecule has 1 fully saturated rings. The van der Waals surface area contributed by atoms with Gasteiger partial charge in [0, 0.05) is 31.2 Å². The van der Waals surface area contributed by atoms with Crippen molar-refractivity contribution in [3.63, 3.8) is 0 Å². The van der Waals surface area contributed by atoms with Crippen LogP contribution in [0.4, 0.5) is 11.4 Å². The van der Waals surface area contributed by atoms with Gasteiger partial charge in [0.25, 0.3) is 5.91 Å². The van der Waals surface area contributed by atoms with Crippen molar-refractivity contribution in [3.8, 4) is 0 Å². The molecule has 30 heavy (non-hydrogen) atoms. The van der Waals surface area contributed by atoms with Gasteiger partial charge in [-0.05, 0) is 49.2 Å². The number of nitrogens with one attached hydrogen (secondary N) is 1. The monoisotopic (exact) mass is 469 g/mol. The predicted octanol–water partition coefficient (Wildman–Crippen LogP) is 4.88. The summed E-state index contributed by atoms with van der Waals surface area (Å²) >= 11 is 12.4. The van der Waals surface area contributed by atoms with Crippen molar-refractivity contribution in [2.75, 3.05) is 36.4 Å². The lowest BCUT2D eigenvalue weighted by molar-refractivity contribution is 0.102. The highest BCUT2D eigenvalue weighted by Crippen LogP contribution is 2.32. The molecule has 1 saturated heterocycles. The first kappa shape index (κ1) is 22.9. The second-order valence-corrected chi connectivity index (χ2v) is 9.82. The van der Waals surface area contributed by atoms with Crippen LogP contribution in [0.5, 0.6) is 0 Å². The molecule has 0 spiro atoms. The normalized spacial score (nSPS) is 14.4. The lowest BCUT2D eigenvalue weighted by Gasteiger charge is -2.22. The predicted molar refractivity (Wildman–Crippen MR) is 122 cm³/mol. The molecule has 3 rings (SSSR count). The van der Waals surface area contributed by atoms with Crippen molar-refractivity contribution >= 4 is 50.5 Å². The van der Waals surface area contributed by atoms with E-state index in [0.717, 1.165) is 31.6 Å². The maximum atomic E-state index is 13.0. The highest BCUT2D eigenvalue weighted by Gasteiger charge is 2.24. The van der Waals surface area contributed by atoms with Crippen molar-refractivity contribution in [3.05, 3.63) is 52.0 Å². The molecule has 2 aromatic rings. The van der Waals surface area contributed by atoms with E-state index in [0.29, 0.717) is 23.8 Å². The zero-order valence-electron chi connectivity index (χ0n) is 17.0. The Hall–Kier alpha value is -1.80. The van der Waals surface area contributed by atoms with Crippen LogP contribution in [0, 0.1) is 0 Å². The molecule has 1 aliphatic heterocycles. The summed E-state index contributed by atoms with van der Waals surface area (Å²) in [5, 5.41) is 3.54. The Kier molecular flexibility index (Phi) is 7.29. The van der Waals surface area contributed by atoms with E-state index in [1.807, 2.05) is 6.07 Å². The van der Waals surface area contributed by atoms with E-state index in [2.05, 4.69) is 10.2 Å². The molecule has 1 N–H and O–H groups in total. The van der Waals surface area contributed by atoms with Gasteiger partial charge in [0.05, 0.1) is 26.9 Å². The van der Waals surface area contributed by atoms with Crippen LogP contribution in [0.25, 0.3) is 0 Å². The van der Waals surface area contributed by atoms with Crippen molar-refractivity contribution in [1.29, 1.82) is 0 Å². The quantitative estimate of drug-likeness (QED) is 0.627. The van der Waals surface area contributed by atoms with Gasteiger partial charge in [-0.2, -0.15) is 4.31 Å². The highest BCUT2D eigenvalue weighted by atomic mass is 35.5. The molecule has 0 saturated carbocycles. The molecule has 9 heteroatoms. The Morgan fingerprint density at radius 3 is 2.37 bits per heavy atom. The average molecular weight is 470 g/mol. The standard InChI is InChI=1S/C21H25Cl2N3O3S/c1-3-26(4-2)30(28,29)16-8-9-18(23)17(14-16)21(27)24-19-13-15(22)7-10-20(19)25-11-5-6-12-25/h7-10,13-14H,3-6,11-12H2,1-2H3,(H,24,27). The maximum Gasteiger partial charge on any atom is 0.257 e. The van der Waals surface area contributed by atoms with Crippen molar-refractivity contribution in [1.82, 2.24) is 4.31 Å². The van der Waals surface area contributed by atoms with Crippen molar-refractivity contribution in [2.45, 2.75) is 31.6 Å². The third kappa shape index (κ3) is 4.75. The van der Waals surface area contributed by atoms with Gasteiger partial charge >= 0.3 is 0 Å². The summed E-state index contributed by atoms with van der Waals surface area (Å²) in [6.07, 6.45) is 2.18. The second-order valence-electron chi connectivity index (χ2n) is 7.04. The summed E-state index contributed by atoms with van der Waals surface area (Å²) < 4.78 is 27.0. The molecule has 0 aromatic heterocycles. The Labute approximate surface area is 187 Å². The van der Waals surface area contributed by atoms with E-state index in [9.17, 15) is 13.2 Å². The summed E-state index contributed by atoms with van der Waals surface area (Å²) in [4.78, 5) is 15.3. The van der Waals surface area contributed by atoms with Gasteiger partial charge in [0.1, 0.15) is 0 Å². The van der Waals surface area contributed by atoms with Crippen LogP contribution in [0.2, 0.25) is 10.0 Å². The van der Waals surface area contributed by atoms with Gasteiger partial charge in [-0.25, -0.2) is 8.42 Å². The molecule has 0 bridgehead atoms. The minimum atomic E-state index is -3.71. The number of sulfonamides is 1. The first-order valence-corrected chi connectivity index (χ1v) is 12.1. The molecular formula is C21H25Cl2N3O3S. The SMILES string of the molecule is CCN(CC)S(=O)(=O)c1ccc(Cl)c(C(=O)Nc2cc(Cl)ccc2N2CCCC2)c1. The van der Waals surface area contributed by atoms with Gasteiger partial charge in [-0.3, -0.25) is 4.79 Å². The number of halogens is 2. The van der Waals surface area contributed by atoms with E-state index in [-0.39, 0.29) is 15.5 Å². The number of carbonyl (C=O) groups excluding carboxylic acids is 1. The molecule has 1 amide bonds. The zero-order chi connectivity index (χ0) is 21.9. The lowest BCUT2D eigenvalue weighted by atomic mass is 10.2. The average Bonchev–Trinajstić information content (AvgIpc) is 3.23. The highest BCUT2D eigenvalue weighted by molar-refractivity contribution is 7.89. The maximum absolute atomic E-state index is 13.0. The first-order valence-electron chi connectivity index (χ1n) is 9.93. The molecule has 0 radical (unpaired) electrons. The molecule has 1 heterocycles. The number of hydrogen-bond acceptors (Lipinski definition) is 4. The number of benzene rings is 2. The van der Waals surface area contributed by atoms with E-state index in [1.54, 1.807) is 26.0 Å². The summed E-state index contributed by atoms with van der Waals surface area (Å²) in [5.74, 6) is -0.487. The molecular weight excluding hydrogens is 445 g/mol. The topological polar surface area (TPSA) is 69.7 Å². The van der Waals surface area contributed by atoms with E-state index < -0.39 is 15.9 Å². The third-order valence-corrected chi connectivity index (χ3v) is 7.79. The number of anilines is 2.